The summed E-state index contributed by atoms with van der Waals surface area (Å²) in [5.74, 6) is -0.353. The highest BCUT2D eigenvalue weighted by Gasteiger charge is 2.25. The number of hydrogen-bond donors (Lipinski definition) is 2. The first-order chi connectivity index (χ1) is 14.3. The van der Waals surface area contributed by atoms with Gasteiger partial charge in [-0.25, -0.2) is 4.79 Å². The molecule has 0 bridgehead atoms. The molecule has 30 heavy (non-hydrogen) atoms. The number of nitrogens with one attached hydrogen (secondary N) is 2. The van der Waals surface area contributed by atoms with E-state index in [0.29, 0.717) is 22.3 Å². The monoisotopic (exact) mass is 438 g/mol. The van der Waals surface area contributed by atoms with Crippen LogP contribution in [0.15, 0.2) is 42.5 Å². The highest BCUT2D eigenvalue weighted by Crippen LogP contribution is 2.40. The molecule has 2 N–H and O–H groups in total. The number of ether oxygens (including phenoxy) is 1. The van der Waals surface area contributed by atoms with Crippen molar-refractivity contribution < 1.29 is 9.53 Å². The maximum Gasteiger partial charge on any atom is 0.341 e. The van der Waals surface area contributed by atoms with Crippen molar-refractivity contribution in [2.45, 2.75) is 34.6 Å². The second kappa shape index (κ2) is 9.41. The molecule has 0 aliphatic rings. The molecule has 0 amide bonds. The number of hydrogen-bond acceptors (Lipinski definition) is 4. The lowest BCUT2D eigenvalue weighted by Gasteiger charge is -2.16. The molecule has 0 fully saturated rings. The van der Waals surface area contributed by atoms with Crippen molar-refractivity contribution in [2.75, 3.05) is 17.2 Å². The molecule has 0 saturated carbocycles. The Bertz CT molecular complexity index is 1070. The number of thiophene rings is 1. The zero-order chi connectivity index (χ0) is 21.8. The second-order valence-corrected chi connectivity index (χ2v) is 8.81. The summed E-state index contributed by atoms with van der Waals surface area (Å²) in [6.07, 6.45) is 0. The van der Waals surface area contributed by atoms with E-state index in [1.165, 1.54) is 16.9 Å². The quantitative estimate of drug-likeness (QED) is 0.346. The van der Waals surface area contributed by atoms with Crippen molar-refractivity contribution in [3.63, 3.8) is 0 Å². The molecule has 6 heteroatoms. The molecule has 3 rings (SSSR count). The first-order valence-electron chi connectivity index (χ1n) is 9.83. The van der Waals surface area contributed by atoms with E-state index in [9.17, 15) is 4.79 Å². The van der Waals surface area contributed by atoms with Crippen molar-refractivity contribution in [2.24, 2.45) is 0 Å². The first kappa shape index (κ1) is 22.0. The molecular formula is C24H26N2O2S2. The van der Waals surface area contributed by atoms with Crippen LogP contribution in [0.5, 0.6) is 0 Å². The Morgan fingerprint density at radius 1 is 1.03 bits per heavy atom. The van der Waals surface area contributed by atoms with Crippen molar-refractivity contribution in [1.82, 2.24) is 0 Å². The molecule has 156 valence electrons. The Hall–Kier alpha value is -2.70. The minimum atomic E-state index is -0.353. The van der Waals surface area contributed by atoms with Crippen molar-refractivity contribution in [1.29, 1.82) is 0 Å². The molecule has 1 aromatic heterocycles. The number of thiocarbonyl (C=S) groups is 1. The van der Waals surface area contributed by atoms with E-state index in [0.717, 1.165) is 32.8 Å². The third-order valence-electron chi connectivity index (χ3n) is 4.77. The van der Waals surface area contributed by atoms with Gasteiger partial charge in [0, 0.05) is 16.1 Å². The van der Waals surface area contributed by atoms with Crippen LogP contribution in [0.1, 0.15) is 38.8 Å². The van der Waals surface area contributed by atoms with Gasteiger partial charge in [-0.2, -0.15) is 0 Å². The predicted molar refractivity (Wildman–Crippen MR) is 131 cm³/mol. The molecule has 0 spiro atoms. The summed E-state index contributed by atoms with van der Waals surface area (Å²) in [5.41, 5.74) is 6.81. The molecular weight excluding hydrogens is 412 g/mol. The fourth-order valence-electron chi connectivity index (χ4n) is 3.61. The zero-order valence-corrected chi connectivity index (χ0v) is 19.5. The van der Waals surface area contributed by atoms with E-state index in [-0.39, 0.29) is 5.97 Å². The number of rotatable bonds is 5. The summed E-state index contributed by atoms with van der Waals surface area (Å²) in [5, 5.41) is 7.66. The van der Waals surface area contributed by atoms with Crippen molar-refractivity contribution in [3.8, 4) is 11.1 Å². The van der Waals surface area contributed by atoms with Gasteiger partial charge in [-0.3, -0.25) is 0 Å². The van der Waals surface area contributed by atoms with Crippen LogP contribution in [0, 0.1) is 27.7 Å². The fraction of sp³-hybridized carbons (Fsp3) is 0.250. The Morgan fingerprint density at radius 3 is 2.27 bits per heavy atom. The van der Waals surface area contributed by atoms with E-state index >= 15 is 0 Å². The lowest BCUT2D eigenvalue weighted by molar-refractivity contribution is 0.0529. The van der Waals surface area contributed by atoms with Gasteiger partial charge in [0.15, 0.2) is 5.11 Å². The van der Waals surface area contributed by atoms with Gasteiger partial charge in [0.1, 0.15) is 10.6 Å². The third kappa shape index (κ3) is 4.71. The highest BCUT2D eigenvalue weighted by atomic mass is 32.1. The first-order valence-corrected chi connectivity index (χ1v) is 11.1. The number of aryl methyl sites for hydroxylation is 4. The topological polar surface area (TPSA) is 50.4 Å². The van der Waals surface area contributed by atoms with Gasteiger partial charge in [0.05, 0.1) is 6.61 Å². The van der Waals surface area contributed by atoms with Crippen molar-refractivity contribution in [3.05, 3.63) is 69.6 Å². The molecule has 0 atom stereocenters. The Morgan fingerprint density at radius 2 is 1.67 bits per heavy atom. The zero-order valence-electron chi connectivity index (χ0n) is 17.9. The maximum absolute atomic E-state index is 12.8. The fourth-order valence-corrected chi connectivity index (χ4v) is 4.95. The van der Waals surface area contributed by atoms with E-state index in [1.54, 1.807) is 0 Å². The van der Waals surface area contributed by atoms with Gasteiger partial charge in [-0.1, -0.05) is 48.0 Å². The molecule has 0 aliphatic carbocycles. The standard InChI is InChI=1S/C24H26N2O2S2/c1-6-28-23(27)20-19(18-10-8-7-9-11-18)17(5)30-22(20)26-24(29)25-21-15(3)12-14(2)13-16(21)4/h7-13H,6H2,1-5H3,(H2,25,26,29). The van der Waals surface area contributed by atoms with Crippen LogP contribution in [0.4, 0.5) is 10.7 Å². The second-order valence-electron chi connectivity index (χ2n) is 7.18. The summed E-state index contributed by atoms with van der Waals surface area (Å²) in [6, 6.07) is 14.1. The molecule has 3 aromatic rings. The van der Waals surface area contributed by atoms with E-state index < -0.39 is 0 Å². The Balaban J connectivity index is 1.96. The SMILES string of the molecule is CCOC(=O)c1c(NC(=S)Nc2c(C)cc(C)cc2C)sc(C)c1-c1ccccc1. The smallest absolute Gasteiger partial charge is 0.341 e. The Labute approximate surface area is 187 Å². The van der Waals surface area contributed by atoms with E-state index in [2.05, 4.69) is 43.5 Å². The normalized spacial score (nSPS) is 10.6. The summed E-state index contributed by atoms with van der Waals surface area (Å²) >= 11 is 7.08. The van der Waals surface area contributed by atoms with Crippen molar-refractivity contribution >= 4 is 45.3 Å². The Kier molecular flexibility index (Phi) is 6.90. The maximum atomic E-state index is 12.8. The third-order valence-corrected chi connectivity index (χ3v) is 5.99. The van der Waals surface area contributed by atoms with Crippen LogP contribution in [0.2, 0.25) is 0 Å². The molecule has 0 aliphatic heterocycles. The molecule has 1 heterocycles. The minimum absolute atomic E-state index is 0.311. The average molecular weight is 439 g/mol. The molecule has 2 aromatic carbocycles. The average Bonchev–Trinajstić information content (AvgIpc) is 3.01. The van der Waals surface area contributed by atoms with Gasteiger partial charge in [-0.15, -0.1) is 11.3 Å². The molecule has 0 unspecified atom stereocenters. The minimum Gasteiger partial charge on any atom is -0.462 e. The number of carbonyl (C=O) groups excluding carboxylic acids is 1. The number of esters is 1. The van der Waals surface area contributed by atoms with Crippen LogP contribution in [0.25, 0.3) is 11.1 Å². The highest BCUT2D eigenvalue weighted by molar-refractivity contribution is 7.80. The molecule has 0 saturated heterocycles. The number of anilines is 2. The lowest BCUT2D eigenvalue weighted by Crippen LogP contribution is -2.21. The number of benzene rings is 2. The number of carbonyl (C=O) groups is 1. The largest absolute Gasteiger partial charge is 0.462 e. The van der Waals surface area contributed by atoms with E-state index in [4.69, 9.17) is 17.0 Å². The lowest BCUT2D eigenvalue weighted by atomic mass is 10.0. The van der Waals surface area contributed by atoms with Gasteiger partial charge < -0.3 is 15.4 Å². The molecule has 0 radical (unpaired) electrons. The van der Waals surface area contributed by atoms with Crippen LogP contribution in [-0.4, -0.2) is 17.7 Å². The van der Waals surface area contributed by atoms with Gasteiger partial charge in [0.25, 0.3) is 0 Å². The van der Waals surface area contributed by atoms with Gasteiger partial charge >= 0.3 is 5.97 Å². The predicted octanol–water partition coefficient (Wildman–Crippen LogP) is 6.63. The van der Waals surface area contributed by atoms with Crippen LogP contribution in [-0.2, 0) is 4.74 Å². The van der Waals surface area contributed by atoms with Gasteiger partial charge in [0.2, 0.25) is 0 Å². The van der Waals surface area contributed by atoms with Crippen LogP contribution < -0.4 is 10.6 Å². The summed E-state index contributed by atoms with van der Waals surface area (Å²) < 4.78 is 5.36. The van der Waals surface area contributed by atoms with Crippen LogP contribution >= 0.6 is 23.6 Å². The summed E-state index contributed by atoms with van der Waals surface area (Å²) in [7, 11) is 0. The molecule has 4 nitrogen and oxygen atoms in total. The summed E-state index contributed by atoms with van der Waals surface area (Å²) in [6.45, 7) is 10.3. The summed E-state index contributed by atoms with van der Waals surface area (Å²) in [4.78, 5) is 13.9. The van der Waals surface area contributed by atoms with E-state index in [1.807, 2.05) is 44.2 Å². The van der Waals surface area contributed by atoms with Crippen LogP contribution in [0.3, 0.4) is 0 Å². The van der Waals surface area contributed by atoms with Gasteiger partial charge in [-0.05, 0) is 63.5 Å².